The molecule has 0 fully saturated rings. The molecule has 0 spiro atoms. The minimum absolute atomic E-state index is 0.661. The highest BCUT2D eigenvalue weighted by molar-refractivity contribution is 5.56. The van der Waals surface area contributed by atoms with E-state index in [1.807, 2.05) is 36.4 Å². The van der Waals surface area contributed by atoms with Crippen molar-refractivity contribution in [2.24, 2.45) is 0 Å². The highest BCUT2D eigenvalue weighted by atomic mass is 16.5. The minimum atomic E-state index is 0.661. The second kappa shape index (κ2) is 2.81. The summed E-state index contributed by atoms with van der Waals surface area (Å²) in [5.41, 5.74) is 1.69. The minimum Gasteiger partial charge on any atom is -0.356 e. The average Bonchev–Trinajstić information content (AvgIpc) is 2.54. The molecule has 1 aromatic carbocycles. The lowest BCUT2D eigenvalue weighted by Gasteiger charge is -1.91. The number of rotatable bonds is 1. The van der Waals surface area contributed by atoms with Gasteiger partial charge in [-0.3, -0.25) is 0 Å². The van der Waals surface area contributed by atoms with Gasteiger partial charge in [-0.25, -0.2) is 0 Å². The van der Waals surface area contributed by atoms with Crippen molar-refractivity contribution in [3.8, 4) is 11.3 Å². The molecule has 59 valence electrons. The van der Waals surface area contributed by atoms with Gasteiger partial charge in [0.25, 0.3) is 0 Å². The number of hydrogen-bond acceptors (Lipinski definition) is 2. The average molecular weight is 158 g/mol. The number of hydrogen-bond donors (Lipinski definition) is 0. The van der Waals surface area contributed by atoms with Crippen LogP contribution in [-0.4, -0.2) is 5.16 Å². The summed E-state index contributed by atoms with van der Waals surface area (Å²) in [6.07, 6.45) is 0. The van der Waals surface area contributed by atoms with Crippen LogP contribution in [0.4, 0.5) is 0 Å². The highest BCUT2D eigenvalue weighted by Crippen LogP contribution is 2.18. The Hall–Kier alpha value is -1.57. The molecule has 1 heterocycles. The molecule has 0 unspecified atom stereocenters. The third kappa shape index (κ3) is 1.23. The molecule has 0 atom stereocenters. The number of aromatic nitrogens is 1. The van der Waals surface area contributed by atoms with Gasteiger partial charge in [-0.15, -0.1) is 0 Å². The van der Waals surface area contributed by atoms with Gasteiger partial charge >= 0.3 is 0 Å². The summed E-state index contributed by atoms with van der Waals surface area (Å²) in [5.74, 6) is 0.764. The molecule has 0 saturated heterocycles. The molecule has 1 radical (unpaired) electrons. The van der Waals surface area contributed by atoms with Crippen LogP contribution in [-0.2, 0) is 0 Å². The zero-order chi connectivity index (χ0) is 8.39. The molecule has 0 aliphatic carbocycles. The first-order chi connectivity index (χ1) is 5.86. The molecule has 0 N–H and O–H groups in total. The van der Waals surface area contributed by atoms with Crippen molar-refractivity contribution >= 4 is 0 Å². The van der Waals surface area contributed by atoms with Gasteiger partial charge in [0.1, 0.15) is 0 Å². The third-order valence-corrected chi connectivity index (χ3v) is 1.62. The molecular weight excluding hydrogens is 150 g/mol. The van der Waals surface area contributed by atoms with Crippen LogP contribution in [0.5, 0.6) is 0 Å². The van der Waals surface area contributed by atoms with E-state index in [4.69, 9.17) is 4.52 Å². The second-order valence-electron chi connectivity index (χ2n) is 2.55. The van der Waals surface area contributed by atoms with E-state index in [-0.39, 0.29) is 0 Å². The molecule has 2 heteroatoms. The fourth-order valence-corrected chi connectivity index (χ4v) is 1.05. The van der Waals surface area contributed by atoms with Crippen LogP contribution in [0.15, 0.2) is 40.9 Å². The Bertz CT molecular complexity index is 364. The van der Waals surface area contributed by atoms with Gasteiger partial charge in [-0.05, 0) is 6.92 Å². The van der Waals surface area contributed by atoms with Crippen molar-refractivity contribution in [1.29, 1.82) is 0 Å². The zero-order valence-electron chi connectivity index (χ0n) is 6.53. The van der Waals surface area contributed by atoms with Gasteiger partial charge in [0.15, 0.2) is 5.76 Å². The largest absolute Gasteiger partial charge is 0.356 e. The Morgan fingerprint density at radius 3 is 2.50 bits per heavy atom. The van der Waals surface area contributed by atoms with Gasteiger partial charge in [0.2, 0.25) is 0 Å². The van der Waals surface area contributed by atoms with Crippen LogP contribution >= 0.6 is 0 Å². The molecule has 0 aliphatic heterocycles. The quantitative estimate of drug-likeness (QED) is 0.637. The van der Waals surface area contributed by atoms with Crippen molar-refractivity contribution in [3.05, 3.63) is 49.0 Å². The number of nitrogens with zero attached hydrogens (tertiary/aromatic N) is 1. The molecule has 12 heavy (non-hydrogen) atoms. The third-order valence-electron chi connectivity index (χ3n) is 1.62. The SMILES string of the molecule is [CH2]c1cc(-c2ccccc2)on1. The van der Waals surface area contributed by atoms with Crippen LogP contribution in [0, 0.1) is 6.92 Å². The Balaban J connectivity index is 2.45. The summed E-state index contributed by atoms with van der Waals surface area (Å²) in [6.45, 7) is 3.66. The van der Waals surface area contributed by atoms with E-state index in [1.165, 1.54) is 0 Å². The first-order valence-electron chi connectivity index (χ1n) is 3.70. The lowest BCUT2D eigenvalue weighted by molar-refractivity contribution is 0.429. The predicted molar refractivity (Wildman–Crippen MR) is 46.4 cm³/mol. The maximum Gasteiger partial charge on any atom is 0.167 e. The molecule has 2 nitrogen and oxygen atoms in total. The smallest absolute Gasteiger partial charge is 0.167 e. The summed E-state index contributed by atoms with van der Waals surface area (Å²) < 4.78 is 5.04. The second-order valence-corrected chi connectivity index (χ2v) is 2.55. The van der Waals surface area contributed by atoms with Gasteiger partial charge in [0.05, 0.1) is 5.69 Å². The maximum atomic E-state index is 5.04. The standard InChI is InChI=1S/C10H8NO/c1-8-7-10(12-11-8)9-5-3-2-4-6-9/h2-7H,1H2. The molecule has 0 aliphatic rings. The molecule has 0 saturated carbocycles. The van der Waals surface area contributed by atoms with E-state index in [0.29, 0.717) is 5.69 Å². The van der Waals surface area contributed by atoms with E-state index in [1.54, 1.807) is 0 Å². The van der Waals surface area contributed by atoms with Gasteiger partial charge < -0.3 is 4.52 Å². The zero-order valence-corrected chi connectivity index (χ0v) is 6.53. The maximum absolute atomic E-state index is 5.04. The van der Waals surface area contributed by atoms with Crippen LogP contribution in [0.25, 0.3) is 11.3 Å². The first-order valence-corrected chi connectivity index (χ1v) is 3.70. The van der Waals surface area contributed by atoms with E-state index < -0.39 is 0 Å². The summed E-state index contributed by atoms with van der Waals surface area (Å²) in [7, 11) is 0. The predicted octanol–water partition coefficient (Wildman–Crippen LogP) is 2.52. The Labute approximate surface area is 70.8 Å². The van der Waals surface area contributed by atoms with Crippen LogP contribution < -0.4 is 0 Å². The monoisotopic (exact) mass is 158 g/mol. The Morgan fingerprint density at radius 2 is 1.92 bits per heavy atom. The Kier molecular flexibility index (Phi) is 1.67. The van der Waals surface area contributed by atoms with Crippen molar-refractivity contribution in [2.45, 2.75) is 0 Å². The fraction of sp³-hybridized carbons (Fsp3) is 0. The summed E-state index contributed by atoms with van der Waals surface area (Å²) in [6, 6.07) is 11.6. The Morgan fingerprint density at radius 1 is 1.17 bits per heavy atom. The first kappa shape index (κ1) is 7.10. The van der Waals surface area contributed by atoms with Crippen molar-refractivity contribution < 1.29 is 4.52 Å². The van der Waals surface area contributed by atoms with Crippen LogP contribution in [0.1, 0.15) is 5.69 Å². The van der Waals surface area contributed by atoms with Gasteiger partial charge in [0, 0.05) is 11.6 Å². The topological polar surface area (TPSA) is 26.0 Å². The molecule has 0 amide bonds. The van der Waals surface area contributed by atoms with E-state index in [2.05, 4.69) is 12.1 Å². The highest BCUT2D eigenvalue weighted by Gasteiger charge is 2.01. The molecule has 2 rings (SSSR count). The molecule has 0 bridgehead atoms. The normalized spacial score (nSPS) is 10.1. The molecule has 1 aromatic heterocycles. The fourth-order valence-electron chi connectivity index (χ4n) is 1.05. The summed E-state index contributed by atoms with van der Waals surface area (Å²) in [4.78, 5) is 0. The van der Waals surface area contributed by atoms with E-state index >= 15 is 0 Å². The summed E-state index contributed by atoms with van der Waals surface area (Å²) >= 11 is 0. The van der Waals surface area contributed by atoms with Gasteiger partial charge in [-0.2, -0.15) is 0 Å². The van der Waals surface area contributed by atoms with Gasteiger partial charge in [-0.1, -0.05) is 35.5 Å². The molecule has 2 aromatic rings. The lowest BCUT2D eigenvalue weighted by atomic mass is 10.2. The van der Waals surface area contributed by atoms with Crippen molar-refractivity contribution in [1.82, 2.24) is 5.16 Å². The lowest BCUT2D eigenvalue weighted by Crippen LogP contribution is -1.69. The number of benzene rings is 1. The van der Waals surface area contributed by atoms with Crippen LogP contribution in [0.3, 0.4) is 0 Å². The van der Waals surface area contributed by atoms with Crippen molar-refractivity contribution in [2.75, 3.05) is 0 Å². The van der Waals surface area contributed by atoms with E-state index in [0.717, 1.165) is 11.3 Å². The van der Waals surface area contributed by atoms with Crippen LogP contribution in [0.2, 0.25) is 0 Å². The van der Waals surface area contributed by atoms with E-state index in [9.17, 15) is 0 Å². The molecular formula is C10H8NO. The van der Waals surface area contributed by atoms with Crippen molar-refractivity contribution in [3.63, 3.8) is 0 Å². The summed E-state index contributed by atoms with van der Waals surface area (Å²) in [5, 5.41) is 3.71.